The van der Waals surface area contributed by atoms with E-state index in [4.69, 9.17) is 4.74 Å². The van der Waals surface area contributed by atoms with Crippen molar-refractivity contribution in [1.29, 1.82) is 0 Å². The van der Waals surface area contributed by atoms with Crippen molar-refractivity contribution in [3.63, 3.8) is 0 Å². The zero-order valence-corrected chi connectivity index (χ0v) is 11.9. The highest BCUT2D eigenvalue weighted by Gasteiger charge is 2.35. The molecule has 2 rings (SSSR count). The van der Waals surface area contributed by atoms with E-state index in [1.165, 1.54) is 7.11 Å². The monoisotopic (exact) mass is 320 g/mol. The molecule has 0 atom stereocenters. The van der Waals surface area contributed by atoms with E-state index >= 15 is 0 Å². The second-order valence-electron chi connectivity index (χ2n) is 4.09. The van der Waals surface area contributed by atoms with Crippen molar-refractivity contribution in [2.24, 2.45) is 0 Å². The fraction of sp³-hybridized carbons (Fsp3) is 0.500. The summed E-state index contributed by atoms with van der Waals surface area (Å²) in [6, 6.07) is 3.36. The summed E-state index contributed by atoms with van der Waals surface area (Å²) >= 11 is 5.02. The Morgan fingerprint density at radius 1 is 1.41 bits per heavy atom. The predicted molar refractivity (Wildman–Crippen MR) is 71.1 cm³/mol. The molecule has 94 valence electrons. The summed E-state index contributed by atoms with van der Waals surface area (Å²) in [7, 11) is 1.42. The zero-order chi connectivity index (χ0) is 12.5. The second kappa shape index (κ2) is 5.16. The standard InChI is InChI=1S/C12H14BrFO2S/c1-16-11-9(13)3-2-8(10(11)14)12(15)4-6-17-7-5-12/h2-3,15H,4-7H2,1H3. The van der Waals surface area contributed by atoms with Gasteiger partial charge in [0.25, 0.3) is 0 Å². The van der Waals surface area contributed by atoms with Gasteiger partial charge in [-0.1, -0.05) is 6.07 Å². The van der Waals surface area contributed by atoms with Gasteiger partial charge in [-0.2, -0.15) is 11.8 Å². The molecular weight excluding hydrogens is 307 g/mol. The van der Waals surface area contributed by atoms with Gasteiger partial charge in [0.1, 0.15) is 0 Å². The Labute approximate surface area is 113 Å². The molecule has 1 saturated heterocycles. The van der Waals surface area contributed by atoms with E-state index in [0.717, 1.165) is 11.5 Å². The first-order valence-electron chi connectivity index (χ1n) is 5.41. The number of aliphatic hydroxyl groups is 1. The normalized spacial score (nSPS) is 19.1. The van der Waals surface area contributed by atoms with Crippen molar-refractivity contribution in [1.82, 2.24) is 0 Å². The van der Waals surface area contributed by atoms with Crippen molar-refractivity contribution in [3.05, 3.63) is 28.0 Å². The van der Waals surface area contributed by atoms with E-state index in [1.54, 1.807) is 23.9 Å². The summed E-state index contributed by atoms with van der Waals surface area (Å²) in [6.45, 7) is 0. The molecule has 17 heavy (non-hydrogen) atoms. The smallest absolute Gasteiger partial charge is 0.172 e. The van der Waals surface area contributed by atoms with Crippen LogP contribution in [0.5, 0.6) is 5.75 Å². The van der Waals surface area contributed by atoms with Crippen molar-refractivity contribution < 1.29 is 14.2 Å². The third-order valence-electron chi connectivity index (χ3n) is 3.07. The van der Waals surface area contributed by atoms with Gasteiger partial charge in [0.2, 0.25) is 0 Å². The molecule has 0 aliphatic carbocycles. The lowest BCUT2D eigenvalue weighted by molar-refractivity contribution is 0.0241. The third kappa shape index (κ3) is 2.46. The van der Waals surface area contributed by atoms with E-state index in [9.17, 15) is 9.50 Å². The van der Waals surface area contributed by atoms with E-state index in [-0.39, 0.29) is 5.75 Å². The molecule has 0 radical (unpaired) electrons. The van der Waals surface area contributed by atoms with Crippen LogP contribution in [0.2, 0.25) is 0 Å². The van der Waals surface area contributed by atoms with E-state index in [0.29, 0.717) is 22.9 Å². The first kappa shape index (κ1) is 13.2. The fourth-order valence-corrected chi connectivity index (χ4v) is 3.69. The lowest BCUT2D eigenvalue weighted by Crippen LogP contribution is -2.31. The van der Waals surface area contributed by atoms with Crippen molar-refractivity contribution in [3.8, 4) is 5.75 Å². The molecule has 0 unspecified atom stereocenters. The maximum absolute atomic E-state index is 14.2. The summed E-state index contributed by atoms with van der Waals surface area (Å²) in [5.74, 6) is 1.41. The average molecular weight is 321 g/mol. The van der Waals surface area contributed by atoms with Crippen molar-refractivity contribution >= 4 is 27.7 Å². The van der Waals surface area contributed by atoms with Crippen LogP contribution < -0.4 is 4.74 Å². The number of hydrogen-bond acceptors (Lipinski definition) is 3. The number of halogens is 2. The summed E-state index contributed by atoms with van der Waals surface area (Å²) < 4.78 is 19.8. The molecule has 1 fully saturated rings. The number of methoxy groups -OCH3 is 1. The Morgan fingerprint density at radius 3 is 2.65 bits per heavy atom. The summed E-state index contributed by atoms with van der Waals surface area (Å²) in [6.07, 6.45) is 1.17. The van der Waals surface area contributed by atoms with E-state index in [2.05, 4.69) is 15.9 Å². The lowest BCUT2D eigenvalue weighted by Gasteiger charge is -2.32. The van der Waals surface area contributed by atoms with Gasteiger partial charge in [-0.15, -0.1) is 0 Å². The quantitative estimate of drug-likeness (QED) is 0.906. The van der Waals surface area contributed by atoms with Crippen LogP contribution in [0.15, 0.2) is 16.6 Å². The molecule has 1 heterocycles. The zero-order valence-electron chi connectivity index (χ0n) is 9.50. The number of ether oxygens (including phenoxy) is 1. The van der Waals surface area contributed by atoms with Crippen LogP contribution in [0.3, 0.4) is 0 Å². The number of hydrogen-bond donors (Lipinski definition) is 1. The summed E-state index contributed by atoms with van der Waals surface area (Å²) in [5, 5.41) is 10.5. The Balaban J connectivity index is 2.44. The fourth-order valence-electron chi connectivity index (χ4n) is 2.06. The average Bonchev–Trinajstić information content (AvgIpc) is 2.30. The molecule has 0 bridgehead atoms. The highest BCUT2D eigenvalue weighted by atomic mass is 79.9. The van der Waals surface area contributed by atoms with Crippen LogP contribution in [0, 0.1) is 5.82 Å². The van der Waals surface area contributed by atoms with Gasteiger partial charge >= 0.3 is 0 Å². The van der Waals surface area contributed by atoms with Crippen LogP contribution >= 0.6 is 27.7 Å². The summed E-state index contributed by atoms with van der Waals surface area (Å²) in [5.41, 5.74) is -0.707. The molecular formula is C12H14BrFO2S. The van der Waals surface area contributed by atoms with Gasteiger partial charge in [-0.25, -0.2) is 4.39 Å². The van der Waals surface area contributed by atoms with Gasteiger partial charge in [0, 0.05) is 5.56 Å². The highest BCUT2D eigenvalue weighted by Crippen LogP contribution is 2.41. The topological polar surface area (TPSA) is 29.5 Å². The lowest BCUT2D eigenvalue weighted by atomic mass is 9.87. The highest BCUT2D eigenvalue weighted by molar-refractivity contribution is 9.10. The van der Waals surface area contributed by atoms with Gasteiger partial charge in [-0.05, 0) is 46.3 Å². The number of rotatable bonds is 2. The minimum Gasteiger partial charge on any atom is -0.492 e. The second-order valence-corrected chi connectivity index (χ2v) is 6.17. The van der Waals surface area contributed by atoms with Gasteiger partial charge in [0.05, 0.1) is 17.2 Å². The third-order valence-corrected chi connectivity index (χ3v) is 4.68. The number of thioether (sulfide) groups is 1. The predicted octanol–water partition coefficient (Wildman–Crippen LogP) is 3.31. The molecule has 1 aromatic rings. The van der Waals surface area contributed by atoms with E-state index in [1.807, 2.05) is 0 Å². The number of benzene rings is 1. The van der Waals surface area contributed by atoms with Crippen molar-refractivity contribution in [2.75, 3.05) is 18.6 Å². The molecule has 1 aliphatic rings. The van der Waals surface area contributed by atoms with Gasteiger partial charge in [-0.3, -0.25) is 0 Å². The van der Waals surface area contributed by atoms with Crippen LogP contribution in [0.1, 0.15) is 18.4 Å². The first-order chi connectivity index (χ1) is 8.08. The van der Waals surface area contributed by atoms with E-state index < -0.39 is 11.4 Å². The molecule has 1 aromatic carbocycles. The first-order valence-corrected chi connectivity index (χ1v) is 7.36. The molecule has 2 nitrogen and oxygen atoms in total. The Hall–Kier alpha value is -0.260. The Kier molecular flexibility index (Phi) is 4.00. The van der Waals surface area contributed by atoms with Gasteiger partial charge in [0.15, 0.2) is 11.6 Å². The van der Waals surface area contributed by atoms with Crippen LogP contribution in [-0.4, -0.2) is 23.7 Å². The maximum Gasteiger partial charge on any atom is 0.172 e. The SMILES string of the molecule is COc1c(Br)ccc(C2(O)CCSCC2)c1F. The van der Waals surface area contributed by atoms with Crippen LogP contribution in [-0.2, 0) is 5.60 Å². The molecule has 0 spiro atoms. The van der Waals surface area contributed by atoms with Crippen LogP contribution in [0.4, 0.5) is 4.39 Å². The molecule has 1 N–H and O–H groups in total. The Bertz CT molecular complexity index is 419. The molecule has 0 saturated carbocycles. The maximum atomic E-state index is 14.2. The van der Waals surface area contributed by atoms with Gasteiger partial charge < -0.3 is 9.84 Å². The molecule has 5 heteroatoms. The van der Waals surface area contributed by atoms with Crippen LogP contribution in [0.25, 0.3) is 0 Å². The largest absolute Gasteiger partial charge is 0.492 e. The molecule has 1 aliphatic heterocycles. The molecule has 0 aromatic heterocycles. The van der Waals surface area contributed by atoms with Crippen molar-refractivity contribution in [2.45, 2.75) is 18.4 Å². The minimum absolute atomic E-state index is 0.161. The Morgan fingerprint density at radius 2 is 2.06 bits per heavy atom. The molecule has 0 amide bonds. The minimum atomic E-state index is -1.05. The summed E-state index contributed by atoms with van der Waals surface area (Å²) in [4.78, 5) is 0.